The summed E-state index contributed by atoms with van der Waals surface area (Å²) >= 11 is 0. The van der Waals surface area contributed by atoms with E-state index in [1.165, 1.54) is 0 Å². The first-order valence-electron chi connectivity index (χ1n) is 10.1. The van der Waals surface area contributed by atoms with Gasteiger partial charge in [0.15, 0.2) is 11.5 Å². The van der Waals surface area contributed by atoms with Gasteiger partial charge < -0.3 is 25.4 Å². The smallest absolute Gasteiger partial charge is 0.273 e. The van der Waals surface area contributed by atoms with Crippen molar-refractivity contribution in [3.8, 4) is 0 Å². The lowest BCUT2D eigenvalue weighted by molar-refractivity contribution is 0.0957. The maximum absolute atomic E-state index is 12.5. The number of fused-ring (bicyclic) bond motifs is 1. The number of carbonyl (C=O) groups is 1. The van der Waals surface area contributed by atoms with Gasteiger partial charge >= 0.3 is 0 Å². The fourth-order valence-electron chi connectivity index (χ4n) is 3.03. The number of carbonyl (C=O) groups excluding carboxylic acids is 1. The second-order valence-electron chi connectivity index (χ2n) is 6.91. The average Bonchev–Trinajstić information content (AvgIpc) is 3.12. The molecule has 0 aliphatic heterocycles. The van der Waals surface area contributed by atoms with Gasteiger partial charge in [-0.2, -0.15) is 10.1 Å². The topological polar surface area (TPSA) is 130 Å². The molecule has 0 fully saturated rings. The molecule has 11 nitrogen and oxygen atoms in total. The minimum absolute atomic E-state index is 0.0595. The number of ether oxygens (including phenoxy) is 1. The van der Waals surface area contributed by atoms with Gasteiger partial charge in [-0.15, -0.1) is 0 Å². The maximum Gasteiger partial charge on any atom is 0.273 e. The Balaban J connectivity index is 2.20. The molecule has 0 saturated carbocycles. The molecule has 1 amide bonds. The molecule has 0 aliphatic rings. The highest BCUT2D eigenvalue weighted by Gasteiger charge is 2.24. The quantitative estimate of drug-likeness (QED) is 0.406. The van der Waals surface area contributed by atoms with E-state index in [1.807, 2.05) is 26.0 Å². The van der Waals surface area contributed by atoms with E-state index in [1.54, 1.807) is 29.9 Å². The number of likely N-dealkylation sites (N-methyl/N-ethyl adjacent to an activating group) is 1. The number of nitrogens with zero attached hydrogens (tertiary/aromatic N) is 6. The summed E-state index contributed by atoms with van der Waals surface area (Å²) in [7, 11) is 3.31. The van der Waals surface area contributed by atoms with Crippen LogP contribution >= 0.6 is 0 Å². The minimum atomic E-state index is -0.353. The second-order valence-corrected chi connectivity index (χ2v) is 6.91. The number of aromatic nitrogens is 5. The molecule has 3 N–H and O–H groups in total. The van der Waals surface area contributed by atoms with Crippen molar-refractivity contribution in [1.82, 2.24) is 30.0 Å². The van der Waals surface area contributed by atoms with Crippen LogP contribution in [0.3, 0.4) is 0 Å². The van der Waals surface area contributed by atoms with Gasteiger partial charge in [0.2, 0.25) is 5.95 Å². The molecule has 3 rings (SSSR count). The highest BCUT2D eigenvalue weighted by Crippen LogP contribution is 2.28. The van der Waals surface area contributed by atoms with Crippen molar-refractivity contribution >= 4 is 34.5 Å². The van der Waals surface area contributed by atoms with E-state index in [9.17, 15) is 9.90 Å². The zero-order chi connectivity index (χ0) is 22.4. The molecule has 0 aromatic carbocycles. The Morgan fingerprint density at radius 1 is 1.35 bits per heavy atom. The zero-order valence-electron chi connectivity index (χ0n) is 18.2. The first-order valence-corrected chi connectivity index (χ1v) is 10.1. The molecule has 3 aromatic heterocycles. The van der Waals surface area contributed by atoms with E-state index in [2.05, 4.69) is 30.7 Å². The number of amides is 1. The number of aryl methyl sites for hydroxylation is 1. The number of pyridine rings is 1. The SMILES string of the molecule is CCOCCn1nc(C(=O)NC)c2nc(N(C)CCO)nc(Nc3cc(C)ccn3)c21. The van der Waals surface area contributed by atoms with Crippen LogP contribution in [-0.4, -0.2) is 76.2 Å². The van der Waals surface area contributed by atoms with E-state index in [4.69, 9.17) is 4.74 Å². The first-order chi connectivity index (χ1) is 15.0. The Morgan fingerprint density at radius 3 is 2.84 bits per heavy atom. The Morgan fingerprint density at radius 2 is 2.16 bits per heavy atom. The van der Waals surface area contributed by atoms with Gasteiger partial charge in [-0.25, -0.2) is 9.97 Å². The molecule has 0 atom stereocenters. The van der Waals surface area contributed by atoms with Crippen LogP contribution in [0.5, 0.6) is 0 Å². The summed E-state index contributed by atoms with van der Waals surface area (Å²) in [5.74, 6) is 1.07. The fourth-order valence-corrected chi connectivity index (χ4v) is 3.03. The summed E-state index contributed by atoms with van der Waals surface area (Å²) in [6.45, 7) is 5.59. The average molecular weight is 428 g/mol. The number of anilines is 3. The van der Waals surface area contributed by atoms with Crippen LogP contribution in [0.15, 0.2) is 18.3 Å². The van der Waals surface area contributed by atoms with E-state index >= 15 is 0 Å². The van der Waals surface area contributed by atoms with Gasteiger partial charge in [0.05, 0.1) is 19.8 Å². The van der Waals surface area contributed by atoms with E-state index in [-0.39, 0.29) is 18.2 Å². The number of aliphatic hydroxyl groups is 1. The first kappa shape index (κ1) is 22.4. The van der Waals surface area contributed by atoms with Crippen LogP contribution in [0.2, 0.25) is 0 Å². The molecule has 166 valence electrons. The Bertz CT molecular complexity index is 1050. The predicted molar refractivity (Wildman–Crippen MR) is 118 cm³/mol. The highest BCUT2D eigenvalue weighted by atomic mass is 16.5. The van der Waals surface area contributed by atoms with Crippen LogP contribution in [0.4, 0.5) is 17.6 Å². The fraction of sp³-hybridized carbons (Fsp3) is 0.450. The lowest BCUT2D eigenvalue weighted by atomic mass is 10.3. The largest absolute Gasteiger partial charge is 0.395 e. The molecule has 3 heterocycles. The van der Waals surface area contributed by atoms with E-state index in [0.29, 0.717) is 54.9 Å². The molecular weight excluding hydrogens is 400 g/mol. The van der Waals surface area contributed by atoms with Crippen LogP contribution < -0.4 is 15.5 Å². The molecule has 0 unspecified atom stereocenters. The number of hydrogen-bond donors (Lipinski definition) is 3. The zero-order valence-corrected chi connectivity index (χ0v) is 18.2. The van der Waals surface area contributed by atoms with Gasteiger partial charge in [0, 0.05) is 33.4 Å². The molecule has 0 bridgehead atoms. The minimum Gasteiger partial charge on any atom is -0.395 e. The maximum atomic E-state index is 12.5. The molecule has 0 aliphatic carbocycles. The number of aliphatic hydroxyl groups excluding tert-OH is 1. The predicted octanol–water partition coefficient (Wildman–Crippen LogP) is 1.10. The number of rotatable bonds is 10. The Kier molecular flexibility index (Phi) is 7.32. The number of nitrogens with one attached hydrogen (secondary N) is 2. The van der Waals surface area contributed by atoms with Crippen molar-refractivity contribution in [3.05, 3.63) is 29.6 Å². The molecule has 0 radical (unpaired) electrons. The number of hydrogen-bond acceptors (Lipinski definition) is 9. The third kappa shape index (κ3) is 5.06. The molecule has 31 heavy (non-hydrogen) atoms. The van der Waals surface area contributed by atoms with Crippen LogP contribution in [0, 0.1) is 6.92 Å². The van der Waals surface area contributed by atoms with Crippen LogP contribution in [-0.2, 0) is 11.3 Å². The molecule has 0 saturated heterocycles. The standard InChI is InChI=1S/C20H28N8O3/c1-5-31-11-9-28-17-15(16(26-28)19(30)21-3)24-20(27(4)8-10-29)25-18(17)23-14-12-13(2)6-7-22-14/h6-7,12,29H,5,8-11H2,1-4H3,(H,21,30)(H,22,23,24,25). The van der Waals surface area contributed by atoms with Gasteiger partial charge in [-0.1, -0.05) is 0 Å². The van der Waals surface area contributed by atoms with Gasteiger partial charge in [0.1, 0.15) is 16.9 Å². The highest BCUT2D eigenvalue weighted by molar-refractivity contribution is 6.06. The van der Waals surface area contributed by atoms with Crippen molar-refractivity contribution in [1.29, 1.82) is 0 Å². The Hall–Kier alpha value is -3.31. The van der Waals surface area contributed by atoms with Gasteiger partial charge in [-0.3, -0.25) is 9.48 Å². The van der Waals surface area contributed by atoms with Crippen molar-refractivity contribution in [3.63, 3.8) is 0 Å². The van der Waals surface area contributed by atoms with E-state index < -0.39 is 0 Å². The molecule has 11 heteroatoms. The van der Waals surface area contributed by atoms with Gasteiger partial charge in [0.25, 0.3) is 5.91 Å². The molecular formula is C20H28N8O3. The lowest BCUT2D eigenvalue weighted by Gasteiger charge is -2.17. The van der Waals surface area contributed by atoms with Crippen molar-refractivity contribution in [2.75, 3.05) is 50.7 Å². The third-order valence-corrected chi connectivity index (χ3v) is 4.61. The normalized spacial score (nSPS) is 11.0. The van der Waals surface area contributed by atoms with E-state index in [0.717, 1.165) is 5.56 Å². The summed E-state index contributed by atoms with van der Waals surface area (Å²) in [6.07, 6.45) is 1.71. The van der Waals surface area contributed by atoms with Crippen molar-refractivity contribution in [2.24, 2.45) is 0 Å². The van der Waals surface area contributed by atoms with Crippen molar-refractivity contribution < 1.29 is 14.6 Å². The monoisotopic (exact) mass is 428 g/mol. The summed E-state index contributed by atoms with van der Waals surface area (Å²) in [5, 5.41) is 19.7. The van der Waals surface area contributed by atoms with Crippen LogP contribution in [0.25, 0.3) is 11.0 Å². The van der Waals surface area contributed by atoms with Crippen LogP contribution in [0.1, 0.15) is 23.0 Å². The van der Waals surface area contributed by atoms with Crippen molar-refractivity contribution in [2.45, 2.75) is 20.4 Å². The third-order valence-electron chi connectivity index (χ3n) is 4.61. The van der Waals surface area contributed by atoms with Gasteiger partial charge in [-0.05, 0) is 31.5 Å². The second kappa shape index (κ2) is 10.1. The molecule has 0 spiro atoms. The summed E-state index contributed by atoms with van der Waals surface area (Å²) < 4.78 is 7.15. The Labute approximate surface area is 180 Å². The lowest BCUT2D eigenvalue weighted by Crippen LogP contribution is -2.24. The summed E-state index contributed by atoms with van der Waals surface area (Å²) in [4.78, 5) is 27.8. The molecule has 3 aromatic rings. The summed E-state index contributed by atoms with van der Waals surface area (Å²) in [5.41, 5.74) is 2.20. The summed E-state index contributed by atoms with van der Waals surface area (Å²) in [6, 6.07) is 3.79.